The van der Waals surface area contributed by atoms with Crippen LogP contribution >= 0.6 is 0 Å². The zero-order chi connectivity index (χ0) is 52.0. The zero-order valence-corrected chi connectivity index (χ0v) is 40.6. The van der Waals surface area contributed by atoms with Crippen molar-refractivity contribution >= 4 is 52.7 Å². The first-order valence-electron chi connectivity index (χ1n) is 25.1. The predicted molar refractivity (Wildman–Crippen MR) is 264 cm³/mol. The highest BCUT2D eigenvalue weighted by Crippen LogP contribution is 2.44. The summed E-state index contributed by atoms with van der Waals surface area (Å²) in [6.45, 7) is 3.64. The number of esters is 2. The molecule has 8 N–H and O–H groups in total. The number of halogens is 3. The number of primary amides is 1. The molecule has 5 heterocycles. The number of urea groups is 1. The van der Waals surface area contributed by atoms with Gasteiger partial charge >= 0.3 is 24.1 Å². The van der Waals surface area contributed by atoms with Crippen molar-refractivity contribution in [2.75, 3.05) is 53.6 Å². The third-order valence-electron chi connectivity index (χ3n) is 14.5. The number of para-hydroxylation sites is 1. The smallest absolute Gasteiger partial charge is 0.488 e. The molecule has 5 fully saturated rings. The number of alkyl halides is 3. The number of carbonyl (C=O) groups excluding carboxylic acids is 5. The van der Waals surface area contributed by atoms with E-state index in [1.165, 1.54) is 0 Å². The van der Waals surface area contributed by atoms with Gasteiger partial charge in [0.2, 0.25) is 17.7 Å². The third kappa shape index (κ3) is 12.0. The maximum Gasteiger partial charge on any atom is 0.491 e. The topological polar surface area (TPSA) is 268 Å². The molecule has 3 aliphatic heterocycles. The highest BCUT2D eigenvalue weighted by molar-refractivity contribution is 6.08. The van der Waals surface area contributed by atoms with E-state index in [2.05, 4.69) is 63.1 Å². The van der Waals surface area contributed by atoms with Gasteiger partial charge in [-0.1, -0.05) is 30.7 Å². The maximum absolute atomic E-state index is 13.6. The summed E-state index contributed by atoms with van der Waals surface area (Å²) in [6.07, 6.45) is 2.92. The molecule has 2 aliphatic carbocycles. The molecule has 5 aliphatic rings. The lowest BCUT2D eigenvalue weighted by atomic mass is 9.68. The molecule has 2 saturated carbocycles. The molecule has 23 heteroatoms. The first-order valence-corrected chi connectivity index (χ1v) is 25.1. The van der Waals surface area contributed by atoms with Gasteiger partial charge in [-0.15, -0.1) is 10.2 Å². The molecule has 0 spiro atoms. The van der Waals surface area contributed by atoms with Crippen LogP contribution in [0.3, 0.4) is 0 Å². The molecule has 4 amide bonds. The van der Waals surface area contributed by atoms with Gasteiger partial charge in [-0.05, 0) is 106 Å². The number of aromatic nitrogens is 3. The lowest BCUT2D eigenvalue weighted by Gasteiger charge is -2.43. The number of amides is 4. The Morgan fingerprint density at radius 2 is 1.62 bits per heavy atom. The molecular weight excluding hydrogens is 968 g/mol. The number of nitrogens with two attached hydrogens (primary N) is 2. The molecular formula is C51H60F3N11O9. The quantitative estimate of drug-likeness (QED) is 0.0414. The van der Waals surface area contributed by atoms with Crippen molar-refractivity contribution in [2.24, 2.45) is 11.1 Å². The highest BCUT2D eigenvalue weighted by Gasteiger charge is 2.55. The number of hydrogen-bond donors (Lipinski definition) is 6. The van der Waals surface area contributed by atoms with E-state index in [9.17, 15) is 37.1 Å². The van der Waals surface area contributed by atoms with Crippen LogP contribution in [0.2, 0.25) is 0 Å². The molecule has 4 aromatic rings. The molecule has 20 nitrogen and oxygen atoms in total. The monoisotopic (exact) mass is 1030 g/mol. The summed E-state index contributed by atoms with van der Waals surface area (Å²) in [5, 5.41) is 19.8. The number of pyridine rings is 1. The summed E-state index contributed by atoms with van der Waals surface area (Å²) >= 11 is 0. The number of nitrogen functional groups attached to an aromatic ring is 1. The van der Waals surface area contributed by atoms with E-state index in [-0.39, 0.29) is 63.1 Å². The van der Waals surface area contributed by atoms with Gasteiger partial charge in [0.05, 0.1) is 23.6 Å². The number of ether oxygens (including phenoxy) is 4. The second-order valence-corrected chi connectivity index (χ2v) is 19.5. The van der Waals surface area contributed by atoms with Crippen LogP contribution in [0.5, 0.6) is 11.6 Å². The average molecular weight is 1030 g/mol. The van der Waals surface area contributed by atoms with Gasteiger partial charge in [-0.25, -0.2) is 14.6 Å². The summed E-state index contributed by atoms with van der Waals surface area (Å²) in [6, 6.07) is 18.5. The largest absolute Gasteiger partial charge is 0.491 e. The first kappa shape index (κ1) is 51.6. The predicted octanol–water partition coefficient (Wildman–Crippen LogP) is 4.91. The maximum atomic E-state index is 13.6. The lowest BCUT2D eigenvalue weighted by molar-refractivity contribution is -0.207. The minimum atomic E-state index is -5.46. The number of hydrogen-bond acceptors (Lipinski definition) is 16. The van der Waals surface area contributed by atoms with Crippen LogP contribution in [-0.4, -0.2) is 120 Å². The minimum absolute atomic E-state index is 0.0343. The van der Waals surface area contributed by atoms with Crippen LogP contribution in [0.1, 0.15) is 76.2 Å². The van der Waals surface area contributed by atoms with Crippen molar-refractivity contribution in [3.05, 3.63) is 78.5 Å². The number of anilines is 4. The summed E-state index contributed by atoms with van der Waals surface area (Å²) in [7, 11) is 0. The molecule has 74 heavy (non-hydrogen) atoms. The van der Waals surface area contributed by atoms with Crippen LogP contribution < -0.4 is 52.0 Å². The Labute approximate surface area is 424 Å². The van der Waals surface area contributed by atoms with Gasteiger partial charge < -0.3 is 61.5 Å². The van der Waals surface area contributed by atoms with Gasteiger partial charge in [0.15, 0.2) is 5.82 Å². The van der Waals surface area contributed by atoms with Crippen molar-refractivity contribution in [3.8, 4) is 22.9 Å². The molecule has 0 radical (unpaired) electrons. The van der Waals surface area contributed by atoms with E-state index >= 15 is 0 Å². The molecule has 2 unspecified atom stereocenters. The Hall–Kier alpha value is -7.27. The number of fused-ring (bicyclic) bond motifs is 2. The lowest BCUT2D eigenvalue weighted by Crippen LogP contribution is -2.56. The first-order chi connectivity index (χ1) is 35.6. The van der Waals surface area contributed by atoms with Gasteiger partial charge in [0.1, 0.15) is 29.9 Å². The Balaban J connectivity index is 0.800. The van der Waals surface area contributed by atoms with Gasteiger partial charge in [0, 0.05) is 73.8 Å². The number of piperazine rings is 1. The highest BCUT2D eigenvalue weighted by atomic mass is 19.4. The van der Waals surface area contributed by atoms with E-state index in [1.54, 1.807) is 24.3 Å². The molecule has 9 rings (SSSR count). The Bertz CT molecular complexity index is 2670. The second-order valence-electron chi connectivity index (χ2n) is 19.5. The summed E-state index contributed by atoms with van der Waals surface area (Å²) in [4.78, 5) is 71.7. The number of piperidine rings is 1. The fourth-order valence-electron chi connectivity index (χ4n) is 10.3. The minimum Gasteiger partial charge on any atom is -0.488 e. The van der Waals surface area contributed by atoms with Crippen molar-refractivity contribution in [3.63, 3.8) is 0 Å². The van der Waals surface area contributed by atoms with Gasteiger partial charge in [-0.2, -0.15) is 13.2 Å². The van der Waals surface area contributed by atoms with E-state index in [4.69, 9.17) is 25.7 Å². The van der Waals surface area contributed by atoms with Crippen molar-refractivity contribution < 1.29 is 56.1 Å². The number of nitrogens with one attached hydrogen (secondary N) is 4. The molecule has 3 atom stereocenters. The number of rotatable bonds is 19. The Morgan fingerprint density at radius 1 is 0.892 bits per heavy atom. The average Bonchev–Trinajstić information content (AvgIpc) is 3.62. The number of carbonyl (C=O) groups is 5. The number of nitrogens with zero attached hydrogens (tertiary/aromatic N) is 5. The van der Waals surface area contributed by atoms with Gasteiger partial charge in [-0.3, -0.25) is 14.4 Å². The summed E-state index contributed by atoms with van der Waals surface area (Å²) < 4.78 is 61.6. The molecule has 394 valence electrons. The van der Waals surface area contributed by atoms with E-state index in [0.29, 0.717) is 46.9 Å². The summed E-state index contributed by atoms with van der Waals surface area (Å²) in [5.41, 5.74) is 13.8. The summed E-state index contributed by atoms with van der Waals surface area (Å²) in [5.74, 6) is -4.68. The van der Waals surface area contributed by atoms with Crippen LogP contribution in [-0.2, 0) is 35.3 Å². The zero-order valence-electron chi connectivity index (χ0n) is 40.6. The Kier molecular flexibility index (Phi) is 15.7. The van der Waals surface area contributed by atoms with E-state index in [1.807, 2.05) is 36.5 Å². The normalized spacial score (nSPS) is 21.6. The number of benzene rings is 2. The second kappa shape index (κ2) is 22.5. The Morgan fingerprint density at radius 3 is 2.31 bits per heavy atom. The van der Waals surface area contributed by atoms with Crippen molar-refractivity contribution in [1.29, 1.82) is 0 Å². The van der Waals surface area contributed by atoms with Crippen LogP contribution in [0, 0.1) is 5.41 Å². The SMILES string of the molecule is NC(=O)NCCC[C@H](NC(=O)C1(C(=O)OC(=O)C(F)(F)F)CCC1)C(=O)Nc1ccc(COc2ccccc2-c2cc(N3CC4CCC(C3)N4c3ccnc(O[C@H]4C[C@H](OC5CCNCC5)C4)c3)c(N)nn2)cc1. The van der Waals surface area contributed by atoms with E-state index < -0.39 is 47.4 Å². The van der Waals surface area contributed by atoms with Crippen molar-refractivity contribution in [2.45, 2.75) is 120 Å². The molecule has 3 saturated heterocycles. The van der Waals surface area contributed by atoms with Crippen LogP contribution in [0.4, 0.5) is 40.8 Å². The van der Waals surface area contributed by atoms with Crippen LogP contribution in [0.15, 0.2) is 72.9 Å². The molecule has 2 aromatic carbocycles. The van der Waals surface area contributed by atoms with Crippen LogP contribution in [0.25, 0.3) is 11.3 Å². The molecule has 2 bridgehead atoms. The standard InChI is InChI=1S/C51H60F3N11O9/c52-51(53,54)48(69)74-47(68)50(17-4-18-50)46(67)61-39(6-3-19-59-49(56)70)45(66)60-31-10-8-30(9-11-31)29-71-42-7-2-1-5-38(42)40-26-41(44(55)63-62-40)64-27-33-12-13-34(28-64)65(33)32-14-22-58-43(23-32)73-37-24-36(25-37)72-35-15-20-57-21-16-35/h1-2,5,7-11,14,22-23,26,33-37,39,57H,3-4,6,12-13,15-21,24-25,27-29H2,(H2,55,63)(H,60,66)(H,61,67)(H3,56,59,70)/t33?,34?,36-,37-,39-/m0/s1. The molecule has 2 aromatic heterocycles. The van der Waals surface area contributed by atoms with E-state index in [0.717, 1.165) is 81.6 Å². The van der Waals surface area contributed by atoms with Gasteiger partial charge in [0.25, 0.3) is 0 Å². The fourth-order valence-corrected chi connectivity index (χ4v) is 10.3. The third-order valence-corrected chi connectivity index (χ3v) is 14.5. The fraction of sp³-hybridized carbons (Fsp3) is 0.490. The van der Waals surface area contributed by atoms with Crippen molar-refractivity contribution in [1.82, 2.24) is 31.1 Å².